The van der Waals surface area contributed by atoms with Crippen LogP contribution in [0.25, 0.3) is 6.08 Å². The lowest BCUT2D eigenvalue weighted by Gasteiger charge is -2.33. The lowest BCUT2D eigenvalue weighted by atomic mass is 10.2. The van der Waals surface area contributed by atoms with Gasteiger partial charge in [-0.15, -0.1) is 0 Å². The van der Waals surface area contributed by atoms with Gasteiger partial charge in [-0.2, -0.15) is 0 Å². The zero-order chi connectivity index (χ0) is 16.5. The first kappa shape index (κ1) is 19.4. The highest BCUT2D eigenvalue weighted by molar-refractivity contribution is 6.32. The van der Waals surface area contributed by atoms with Crippen LogP contribution in [0.1, 0.15) is 18.9 Å². The Balaban J connectivity index is 0.000000394. The summed E-state index contributed by atoms with van der Waals surface area (Å²) < 4.78 is 0.732. The number of nitrogens with one attached hydrogen (secondary N) is 1. The van der Waals surface area contributed by atoms with Crippen LogP contribution in [0.15, 0.2) is 43.5 Å². The van der Waals surface area contributed by atoms with Gasteiger partial charge in [0.2, 0.25) is 5.91 Å². The highest BCUT2D eigenvalue weighted by Crippen LogP contribution is 2.14. The number of quaternary nitrogens is 1. The zero-order valence-electron chi connectivity index (χ0n) is 13.4. The van der Waals surface area contributed by atoms with Gasteiger partial charge in [-0.3, -0.25) is 4.79 Å². The molecule has 0 radical (unpaired) electrons. The summed E-state index contributed by atoms with van der Waals surface area (Å²) in [6.07, 6.45) is 4.12. The molecule has 21 heavy (non-hydrogen) atoms. The standard InChI is InChI=1S/C9H18N2O.C8H7Cl/c1-6-8(11(3,4)5)10-9(12)7-2;1-2-7-5-3-4-6-8(7)9/h7-8H,2,6H2,1,3-5H3;2-6H,1H2/p+1. The average Bonchev–Trinajstić information content (AvgIpc) is 2.44. The second-order valence-electron chi connectivity index (χ2n) is 5.48. The van der Waals surface area contributed by atoms with Crippen LogP contribution in [0.3, 0.4) is 0 Å². The molecular weight excluding hydrogens is 284 g/mol. The minimum absolute atomic E-state index is 0.102. The molecule has 0 aliphatic heterocycles. The summed E-state index contributed by atoms with van der Waals surface area (Å²) in [5.74, 6) is -0.102. The van der Waals surface area contributed by atoms with E-state index in [0.717, 1.165) is 21.5 Å². The summed E-state index contributed by atoms with van der Waals surface area (Å²) in [5.41, 5.74) is 0.985. The molecule has 1 aromatic rings. The number of benzene rings is 1. The molecule has 0 bridgehead atoms. The average molecular weight is 310 g/mol. The van der Waals surface area contributed by atoms with Crippen molar-refractivity contribution in [3.8, 4) is 0 Å². The predicted octanol–water partition coefficient (Wildman–Crippen LogP) is 3.71. The van der Waals surface area contributed by atoms with Crippen LogP contribution >= 0.6 is 11.6 Å². The molecule has 0 spiro atoms. The van der Waals surface area contributed by atoms with Gasteiger partial charge < -0.3 is 9.80 Å². The first-order valence-electron chi connectivity index (χ1n) is 6.87. The Bertz CT molecular complexity index is 478. The monoisotopic (exact) mass is 309 g/mol. The molecule has 0 aliphatic carbocycles. The lowest BCUT2D eigenvalue weighted by molar-refractivity contribution is -0.898. The summed E-state index contributed by atoms with van der Waals surface area (Å²) in [7, 11) is 6.16. The van der Waals surface area contributed by atoms with Crippen molar-refractivity contribution in [1.82, 2.24) is 5.32 Å². The van der Waals surface area contributed by atoms with Crippen LogP contribution in [0.4, 0.5) is 0 Å². The fourth-order valence-electron chi connectivity index (χ4n) is 1.71. The Kier molecular flexibility index (Phi) is 8.67. The summed E-state index contributed by atoms with van der Waals surface area (Å²) >= 11 is 5.75. The molecule has 116 valence electrons. The summed E-state index contributed by atoms with van der Waals surface area (Å²) in [6, 6.07) is 7.60. The fourth-order valence-corrected chi connectivity index (χ4v) is 1.92. The van der Waals surface area contributed by atoms with E-state index in [0.29, 0.717) is 0 Å². The van der Waals surface area contributed by atoms with Gasteiger partial charge in [0.05, 0.1) is 21.1 Å². The highest BCUT2D eigenvalue weighted by atomic mass is 35.5. The number of carbonyl (C=O) groups is 1. The van der Waals surface area contributed by atoms with Crippen LogP contribution < -0.4 is 5.32 Å². The van der Waals surface area contributed by atoms with Crippen LogP contribution in [0.2, 0.25) is 5.02 Å². The first-order chi connectivity index (χ1) is 9.76. The normalized spacial score (nSPS) is 11.7. The SMILES string of the molecule is C=CC(=O)NC(CC)[N+](C)(C)C.C=Cc1ccccc1Cl. The smallest absolute Gasteiger partial charge is 0.247 e. The molecule has 1 rings (SSSR count). The molecule has 1 amide bonds. The first-order valence-corrected chi connectivity index (χ1v) is 7.25. The molecule has 0 fully saturated rings. The molecule has 1 atom stereocenters. The van der Waals surface area contributed by atoms with Crippen molar-refractivity contribution < 1.29 is 9.28 Å². The molecule has 1 aromatic carbocycles. The van der Waals surface area contributed by atoms with E-state index in [1.165, 1.54) is 6.08 Å². The molecule has 0 aromatic heterocycles. The van der Waals surface area contributed by atoms with E-state index in [-0.39, 0.29) is 12.1 Å². The Morgan fingerprint density at radius 1 is 1.33 bits per heavy atom. The van der Waals surface area contributed by atoms with Crippen molar-refractivity contribution in [2.75, 3.05) is 21.1 Å². The van der Waals surface area contributed by atoms with Crippen LogP contribution in [-0.2, 0) is 4.79 Å². The minimum atomic E-state index is -0.102. The van der Waals surface area contributed by atoms with Crippen molar-refractivity contribution >= 4 is 23.6 Å². The quantitative estimate of drug-likeness (QED) is 0.501. The largest absolute Gasteiger partial charge is 0.311 e. The summed E-state index contributed by atoms with van der Waals surface area (Å²) in [5, 5.41) is 3.63. The third-order valence-electron chi connectivity index (χ3n) is 2.94. The van der Waals surface area contributed by atoms with Gasteiger partial charge in [0.25, 0.3) is 0 Å². The van der Waals surface area contributed by atoms with Crippen molar-refractivity contribution in [3.63, 3.8) is 0 Å². The number of amides is 1. The molecular formula is C17H26ClN2O+. The van der Waals surface area contributed by atoms with Gasteiger partial charge >= 0.3 is 0 Å². The van der Waals surface area contributed by atoms with Gasteiger partial charge in [-0.05, 0) is 17.7 Å². The van der Waals surface area contributed by atoms with E-state index >= 15 is 0 Å². The molecule has 0 heterocycles. The Labute approximate surface area is 133 Å². The number of rotatable bonds is 5. The topological polar surface area (TPSA) is 29.1 Å². The number of hydrogen-bond acceptors (Lipinski definition) is 1. The Morgan fingerprint density at radius 2 is 1.90 bits per heavy atom. The van der Waals surface area contributed by atoms with E-state index in [2.05, 4.69) is 46.5 Å². The van der Waals surface area contributed by atoms with Crippen LogP contribution in [-0.4, -0.2) is 37.7 Å². The van der Waals surface area contributed by atoms with Crippen molar-refractivity contribution in [2.45, 2.75) is 19.5 Å². The summed E-state index contributed by atoms with van der Waals surface area (Å²) in [6.45, 7) is 9.07. The minimum Gasteiger partial charge on any atom is -0.311 e. The molecule has 0 saturated carbocycles. The van der Waals surface area contributed by atoms with E-state index in [4.69, 9.17) is 11.6 Å². The van der Waals surface area contributed by atoms with E-state index in [1.807, 2.05) is 24.3 Å². The van der Waals surface area contributed by atoms with E-state index in [1.54, 1.807) is 6.08 Å². The van der Waals surface area contributed by atoms with Gasteiger partial charge in [0, 0.05) is 11.4 Å². The number of carbonyl (C=O) groups excluding carboxylic acids is 1. The second-order valence-corrected chi connectivity index (χ2v) is 5.89. The highest BCUT2D eigenvalue weighted by Gasteiger charge is 2.22. The lowest BCUT2D eigenvalue weighted by Crippen LogP contribution is -2.54. The molecule has 0 aliphatic rings. The fraction of sp³-hybridized carbons (Fsp3) is 0.353. The predicted molar refractivity (Wildman–Crippen MR) is 92.0 cm³/mol. The van der Waals surface area contributed by atoms with E-state index < -0.39 is 0 Å². The van der Waals surface area contributed by atoms with Gasteiger partial charge in [-0.1, -0.05) is 56.0 Å². The molecule has 3 nitrogen and oxygen atoms in total. The maximum atomic E-state index is 11.0. The Hall–Kier alpha value is -1.58. The third-order valence-corrected chi connectivity index (χ3v) is 3.29. The Morgan fingerprint density at radius 3 is 2.24 bits per heavy atom. The molecule has 1 N–H and O–H groups in total. The maximum absolute atomic E-state index is 11.0. The van der Waals surface area contributed by atoms with Crippen LogP contribution in [0, 0.1) is 0 Å². The third kappa shape index (κ3) is 7.69. The van der Waals surface area contributed by atoms with Crippen LogP contribution in [0.5, 0.6) is 0 Å². The van der Waals surface area contributed by atoms with Crippen molar-refractivity contribution in [2.24, 2.45) is 0 Å². The molecule has 1 unspecified atom stereocenters. The number of halogens is 1. The summed E-state index contributed by atoms with van der Waals surface area (Å²) in [4.78, 5) is 11.0. The van der Waals surface area contributed by atoms with Gasteiger partial charge in [-0.25, -0.2) is 0 Å². The molecule has 4 heteroatoms. The zero-order valence-corrected chi connectivity index (χ0v) is 14.2. The van der Waals surface area contributed by atoms with Crippen molar-refractivity contribution in [3.05, 3.63) is 54.1 Å². The van der Waals surface area contributed by atoms with E-state index in [9.17, 15) is 4.79 Å². The maximum Gasteiger partial charge on any atom is 0.247 e. The van der Waals surface area contributed by atoms with Gasteiger partial charge in [0.1, 0.15) is 0 Å². The van der Waals surface area contributed by atoms with Gasteiger partial charge in [0.15, 0.2) is 6.17 Å². The second kappa shape index (κ2) is 9.37. The number of hydrogen-bond donors (Lipinski definition) is 1. The molecule has 0 saturated heterocycles. The number of nitrogens with zero attached hydrogens (tertiary/aromatic N) is 1. The van der Waals surface area contributed by atoms with Crippen molar-refractivity contribution in [1.29, 1.82) is 0 Å².